The summed E-state index contributed by atoms with van der Waals surface area (Å²) >= 11 is 7.20. The van der Waals surface area contributed by atoms with Gasteiger partial charge in [0, 0.05) is 16.3 Å². The average Bonchev–Trinajstić information content (AvgIpc) is 3.05. The normalized spacial score (nSPS) is 10.7. The molecule has 0 aliphatic carbocycles. The molecule has 7 heteroatoms. The van der Waals surface area contributed by atoms with E-state index in [1.807, 2.05) is 44.2 Å². The number of amides is 1. The van der Waals surface area contributed by atoms with Gasteiger partial charge in [0.05, 0.1) is 5.75 Å². The molecule has 0 spiro atoms. The standard InChI is InChI=1S/C18H17ClN4OS/c1-11-3-5-13(6-4-11)17-21-18(23-22-17)25-10-16(24)20-15-8-7-14(19)9-12(15)2/h3-9H,10H2,1-2H3,(H,20,24)(H,21,22,23). The van der Waals surface area contributed by atoms with Gasteiger partial charge in [0.15, 0.2) is 5.82 Å². The van der Waals surface area contributed by atoms with E-state index in [-0.39, 0.29) is 11.7 Å². The number of nitrogens with zero attached hydrogens (tertiary/aromatic N) is 2. The minimum absolute atomic E-state index is 0.114. The third-order valence-corrected chi connectivity index (χ3v) is 4.67. The highest BCUT2D eigenvalue weighted by atomic mass is 35.5. The predicted molar refractivity (Wildman–Crippen MR) is 102 cm³/mol. The first-order valence-electron chi connectivity index (χ1n) is 7.69. The lowest BCUT2D eigenvalue weighted by molar-refractivity contribution is -0.113. The van der Waals surface area contributed by atoms with Gasteiger partial charge in [-0.1, -0.05) is 53.2 Å². The number of aryl methyl sites for hydroxylation is 2. The van der Waals surface area contributed by atoms with E-state index in [1.165, 1.54) is 17.3 Å². The highest BCUT2D eigenvalue weighted by Gasteiger charge is 2.10. The Morgan fingerprint density at radius 1 is 1.20 bits per heavy atom. The molecule has 0 saturated carbocycles. The third-order valence-electron chi connectivity index (χ3n) is 3.58. The van der Waals surface area contributed by atoms with Crippen LogP contribution in [0.25, 0.3) is 11.4 Å². The summed E-state index contributed by atoms with van der Waals surface area (Å²) in [7, 11) is 0. The summed E-state index contributed by atoms with van der Waals surface area (Å²) in [5, 5.41) is 11.1. The molecule has 0 saturated heterocycles. The summed E-state index contributed by atoms with van der Waals surface area (Å²) in [5.74, 6) is 0.807. The van der Waals surface area contributed by atoms with E-state index in [4.69, 9.17) is 11.6 Å². The number of aromatic nitrogens is 3. The smallest absolute Gasteiger partial charge is 0.234 e. The van der Waals surface area contributed by atoms with Crippen LogP contribution in [-0.4, -0.2) is 26.8 Å². The largest absolute Gasteiger partial charge is 0.325 e. The second-order valence-electron chi connectivity index (χ2n) is 5.63. The topological polar surface area (TPSA) is 70.7 Å². The van der Waals surface area contributed by atoms with Crippen molar-refractivity contribution in [1.82, 2.24) is 15.2 Å². The van der Waals surface area contributed by atoms with Gasteiger partial charge in [-0.2, -0.15) is 0 Å². The van der Waals surface area contributed by atoms with Crippen LogP contribution in [0.5, 0.6) is 0 Å². The molecular formula is C18H17ClN4OS. The fourth-order valence-corrected chi connectivity index (χ4v) is 3.06. The molecule has 5 nitrogen and oxygen atoms in total. The molecule has 1 amide bonds. The van der Waals surface area contributed by atoms with E-state index >= 15 is 0 Å². The van der Waals surface area contributed by atoms with Crippen molar-refractivity contribution < 1.29 is 4.79 Å². The number of anilines is 1. The summed E-state index contributed by atoms with van der Waals surface area (Å²) in [6, 6.07) is 13.4. The Morgan fingerprint density at radius 2 is 1.96 bits per heavy atom. The number of H-pyrrole nitrogens is 1. The van der Waals surface area contributed by atoms with Crippen LogP contribution in [0, 0.1) is 13.8 Å². The van der Waals surface area contributed by atoms with Gasteiger partial charge >= 0.3 is 0 Å². The second kappa shape index (κ2) is 7.72. The number of carbonyl (C=O) groups excluding carboxylic acids is 1. The number of halogens is 1. The molecule has 3 rings (SSSR count). The second-order valence-corrected chi connectivity index (χ2v) is 7.01. The molecule has 0 unspecified atom stereocenters. The van der Waals surface area contributed by atoms with Gasteiger partial charge < -0.3 is 5.32 Å². The van der Waals surface area contributed by atoms with Crippen LogP contribution < -0.4 is 5.32 Å². The summed E-state index contributed by atoms with van der Waals surface area (Å²) in [5.41, 5.74) is 3.83. The minimum Gasteiger partial charge on any atom is -0.325 e. The van der Waals surface area contributed by atoms with Crippen molar-refractivity contribution in [3.05, 3.63) is 58.6 Å². The number of aromatic amines is 1. The predicted octanol–water partition coefficient (Wildman–Crippen LogP) is 4.47. The molecule has 2 aromatic carbocycles. The SMILES string of the molecule is Cc1ccc(-c2nc(SCC(=O)Nc3ccc(Cl)cc3C)n[nH]2)cc1. The number of hydrogen-bond donors (Lipinski definition) is 2. The van der Waals surface area contributed by atoms with Gasteiger partial charge in [0.2, 0.25) is 11.1 Å². The molecule has 1 aromatic heterocycles. The Morgan fingerprint density at radius 3 is 2.68 bits per heavy atom. The lowest BCUT2D eigenvalue weighted by Gasteiger charge is -2.07. The first-order valence-corrected chi connectivity index (χ1v) is 9.06. The fourth-order valence-electron chi connectivity index (χ4n) is 2.24. The Hall–Kier alpha value is -2.31. The van der Waals surface area contributed by atoms with E-state index in [0.717, 1.165) is 16.8 Å². The number of rotatable bonds is 5. The molecule has 0 radical (unpaired) electrons. The van der Waals surface area contributed by atoms with Crippen molar-refractivity contribution in [3.63, 3.8) is 0 Å². The molecule has 25 heavy (non-hydrogen) atoms. The molecular weight excluding hydrogens is 356 g/mol. The van der Waals surface area contributed by atoms with Crippen molar-refractivity contribution in [3.8, 4) is 11.4 Å². The lowest BCUT2D eigenvalue weighted by Crippen LogP contribution is -2.14. The molecule has 1 heterocycles. The van der Waals surface area contributed by atoms with Gasteiger partial charge in [-0.3, -0.25) is 9.89 Å². The maximum atomic E-state index is 12.1. The number of hydrogen-bond acceptors (Lipinski definition) is 4. The quantitative estimate of drug-likeness (QED) is 0.648. The number of thioether (sulfide) groups is 1. The maximum Gasteiger partial charge on any atom is 0.234 e. The Labute approximate surface area is 155 Å². The van der Waals surface area contributed by atoms with Crippen molar-refractivity contribution >= 4 is 35.0 Å². The van der Waals surface area contributed by atoms with Crippen molar-refractivity contribution in [2.75, 3.05) is 11.1 Å². The van der Waals surface area contributed by atoms with E-state index < -0.39 is 0 Å². The van der Waals surface area contributed by atoms with Crippen molar-refractivity contribution in [2.24, 2.45) is 0 Å². The first kappa shape index (κ1) is 17.5. The number of nitrogens with one attached hydrogen (secondary N) is 2. The van der Waals surface area contributed by atoms with E-state index in [2.05, 4.69) is 20.5 Å². The number of carbonyl (C=O) groups is 1. The molecule has 0 atom stereocenters. The van der Waals surface area contributed by atoms with Gasteiger partial charge in [0.1, 0.15) is 0 Å². The Bertz CT molecular complexity index is 892. The molecule has 128 valence electrons. The van der Waals surface area contributed by atoms with E-state index in [9.17, 15) is 4.79 Å². The zero-order valence-electron chi connectivity index (χ0n) is 13.8. The zero-order valence-corrected chi connectivity index (χ0v) is 15.4. The summed E-state index contributed by atoms with van der Waals surface area (Å²) in [4.78, 5) is 16.5. The minimum atomic E-state index is -0.114. The van der Waals surface area contributed by atoms with Crippen LogP contribution in [0.3, 0.4) is 0 Å². The van der Waals surface area contributed by atoms with Crippen LogP contribution in [-0.2, 0) is 4.79 Å². The molecule has 2 N–H and O–H groups in total. The first-order chi connectivity index (χ1) is 12.0. The van der Waals surface area contributed by atoms with Crippen LogP contribution in [0.1, 0.15) is 11.1 Å². The van der Waals surface area contributed by atoms with E-state index in [1.54, 1.807) is 12.1 Å². The van der Waals surface area contributed by atoms with E-state index in [0.29, 0.717) is 16.0 Å². The van der Waals surface area contributed by atoms with Gasteiger partial charge in [-0.25, -0.2) is 4.98 Å². The summed E-state index contributed by atoms with van der Waals surface area (Å²) in [6.45, 7) is 3.93. The highest BCUT2D eigenvalue weighted by Crippen LogP contribution is 2.22. The maximum absolute atomic E-state index is 12.1. The van der Waals surface area contributed by atoms with Crippen LogP contribution >= 0.6 is 23.4 Å². The molecule has 0 fully saturated rings. The zero-order chi connectivity index (χ0) is 17.8. The number of benzene rings is 2. The third kappa shape index (κ3) is 4.61. The van der Waals surface area contributed by atoms with Crippen molar-refractivity contribution in [1.29, 1.82) is 0 Å². The van der Waals surface area contributed by atoms with Gasteiger partial charge in [-0.05, 0) is 37.6 Å². The summed E-state index contributed by atoms with van der Waals surface area (Å²) < 4.78 is 0. The lowest BCUT2D eigenvalue weighted by atomic mass is 10.1. The molecule has 0 aliphatic heterocycles. The molecule has 3 aromatic rings. The Balaban J connectivity index is 1.58. The molecule has 0 bridgehead atoms. The van der Waals surface area contributed by atoms with Crippen LogP contribution in [0.4, 0.5) is 5.69 Å². The molecule has 0 aliphatic rings. The van der Waals surface area contributed by atoms with Gasteiger partial charge in [-0.15, -0.1) is 5.10 Å². The summed E-state index contributed by atoms with van der Waals surface area (Å²) in [6.07, 6.45) is 0. The average molecular weight is 373 g/mol. The van der Waals surface area contributed by atoms with Crippen LogP contribution in [0.2, 0.25) is 5.02 Å². The van der Waals surface area contributed by atoms with Crippen LogP contribution in [0.15, 0.2) is 47.6 Å². The van der Waals surface area contributed by atoms with Gasteiger partial charge in [0.25, 0.3) is 0 Å². The highest BCUT2D eigenvalue weighted by molar-refractivity contribution is 7.99. The fraction of sp³-hybridized carbons (Fsp3) is 0.167. The van der Waals surface area contributed by atoms with Crippen molar-refractivity contribution in [2.45, 2.75) is 19.0 Å². The monoisotopic (exact) mass is 372 g/mol. The Kier molecular flexibility index (Phi) is 5.40.